The molecule has 5 atom stereocenters. The average Bonchev–Trinajstić information content (AvgIpc) is 2.92. The van der Waals surface area contributed by atoms with Crippen LogP contribution in [0.4, 0.5) is 10.2 Å². The lowest BCUT2D eigenvalue weighted by atomic mass is 10.1. The van der Waals surface area contributed by atoms with E-state index in [1.165, 1.54) is 13.0 Å². The third-order valence-electron chi connectivity index (χ3n) is 4.16. The second kappa shape index (κ2) is 9.43. The van der Waals surface area contributed by atoms with E-state index in [0.29, 0.717) is 4.57 Å². The van der Waals surface area contributed by atoms with Crippen LogP contribution in [0.3, 0.4) is 0 Å². The van der Waals surface area contributed by atoms with Crippen LogP contribution in [-0.4, -0.2) is 69.3 Å². The fourth-order valence-corrected chi connectivity index (χ4v) is 2.83. The Morgan fingerprint density at radius 1 is 1.69 bits per heavy atom. The average molecular weight is 414 g/mol. The van der Waals surface area contributed by atoms with Crippen molar-refractivity contribution < 1.29 is 33.7 Å². The lowest BCUT2D eigenvalue weighted by Gasteiger charge is -2.23. The molecular formula is C15H19FN6O7. The number of hydrogen-bond donors (Lipinski definition) is 3. The molecule has 158 valence electrons. The predicted octanol–water partition coefficient (Wildman–Crippen LogP) is -0.597. The number of hydrogen-bond acceptors (Lipinski definition) is 10. The molecule has 0 radical (unpaired) electrons. The molecule has 0 aromatic carbocycles. The fourth-order valence-electron chi connectivity index (χ4n) is 2.83. The molecule has 1 aliphatic rings. The highest BCUT2D eigenvalue weighted by atomic mass is 19.1. The number of nitrogens with zero attached hydrogens (tertiary/aromatic N) is 5. The highest BCUT2D eigenvalue weighted by Gasteiger charge is 2.56. The molecule has 0 bridgehead atoms. The predicted molar refractivity (Wildman–Crippen MR) is 93.2 cm³/mol. The Kier molecular flexibility index (Phi) is 7.23. The topological polar surface area (TPSA) is 189 Å². The molecule has 1 aromatic rings. The first-order chi connectivity index (χ1) is 13.8. The van der Waals surface area contributed by atoms with Gasteiger partial charge in [-0.3, -0.25) is 14.2 Å². The van der Waals surface area contributed by atoms with E-state index in [4.69, 9.17) is 10.3 Å². The Morgan fingerprint density at radius 3 is 2.97 bits per heavy atom. The van der Waals surface area contributed by atoms with Crippen LogP contribution in [0.25, 0.3) is 10.4 Å². The minimum absolute atomic E-state index is 0.00568. The number of halogens is 1. The number of alkyl halides is 1. The van der Waals surface area contributed by atoms with Crippen LogP contribution in [0.15, 0.2) is 22.2 Å². The van der Waals surface area contributed by atoms with Crippen LogP contribution in [-0.2, 0) is 19.1 Å². The molecule has 1 aromatic heterocycles. The molecule has 13 nitrogen and oxygen atoms in total. The van der Waals surface area contributed by atoms with Gasteiger partial charge in [-0.15, -0.1) is 0 Å². The number of nitrogens with one attached hydrogen (secondary N) is 1. The molecule has 2 unspecified atom stereocenters. The van der Waals surface area contributed by atoms with Gasteiger partial charge in [0.05, 0.1) is 12.6 Å². The van der Waals surface area contributed by atoms with E-state index in [2.05, 4.69) is 25.1 Å². The quantitative estimate of drug-likeness (QED) is 0.194. The van der Waals surface area contributed by atoms with Gasteiger partial charge in [0.25, 0.3) is 6.47 Å². The van der Waals surface area contributed by atoms with Gasteiger partial charge in [-0.1, -0.05) is 5.11 Å². The molecule has 0 amide bonds. The monoisotopic (exact) mass is 414 g/mol. The van der Waals surface area contributed by atoms with Crippen LogP contribution in [0.2, 0.25) is 0 Å². The number of rotatable bonds is 10. The van der Waals surface area contributed by atoms with Crippen molar-refractivity contribution in [3.63, 3.8) is 0 Å². The smallest absolute Gasteiger partial charge is 0.351 e. The largest absolute Gasteiger partial charge is 0.466 e. The van der Waals surface area contributed by atoms with Gasteiger partial charge >= 0.3 is 5.69 Å². The van der Waals surface area contributed by atoms with Crippen LogP contribution in [0.1, 0.15) is 19.6 Å². The molecule has 2 rings (SSSR count). The lowest BCUT2D eigenvalue weighted by molar-refractivity contribution is -0.129. The summed E-state index contributed by atoms with van der Waals surface area (Å²) in [6.45, 7) is 0.383. The lowest BCUT2D eigenvalue weighted by Crippen LogP contribution is -2.43. The zero-order valence-corrected chi connectivity index (χ0v) is 15.2. The van der Waals surface area contributed by atoms with Gasteiger partial charge in [-0.05, 0) is 18.5 Å². The summed E-state index contributed by atoms with van der Waals surface area (Å²) < 4.78 is 25.0. The van der Waals surface area contributed by atoms with Crippen molar-refractivity contribution in [3.8, 4) is 0 Å². The fraction of sp³-hybridized carbons (Fsp3) is 0.600. The van der Waals surface area contributed by atoms with Gasteiger partial charge in [-0.2, -0.15) is 4.98 Å². The summed E-state index contributed by atoms with van der Waals surface area (Å²) in [4.78, 5) is 40.1. The Hall–Kier alpha value is -3.06. The minimum atomic E-state index is -2.28. The van der Waals surface area contributed by atoms with Gasteiger partial charge in [0.2, 0.25) is 5.72 Å². The molecule has 0 aliphatic carbocycles. The second-order valence-electron chi connectivity index (χ2n) is 6.27. The summed E-state index contributed by atoms with van der Waals surface area (Å²) in [7, 11) is 0. The molecule has 1 aliphatic heterocycles. The Bertz CT molecular complexity index is 860. The zero-order valence-electron chi connectivity index (χ0n) is 15.2. The number of aromatic nitrogens is 2. The third-order valence-corrected chi connectivity index (χ3v) is 4.16. The summed E-state index contributed by atoms with van der Waals surface area (Å²) in [5.41, 5.74) is 5.30. The molecule has 1 saturated heterocycles. The molecule has 1 fully saturated rings. The first-order valence-electron chi connectivity index (χ1n) is 8.35. The maximum absolute atomic E-state index is 14.5. The highest BCUT2D eigenvalue weighted by molar-refractivity contribution is 5.76. The number of aliphatic hydroxyl groups excluding tert-OH is 2. The van der Waals surface area contributed by atoms with Crippen molar-refractivity contribution in [3.05, 3.63) is 33.2 Å². The number of aliphatic hydroxyl groups is 2. The SMILES string of the molecule is CC(=O)C[C@@H](COC=O)Nc1ccn(C2O[C@@](CO)(N=[N+]=[N-])C(O)[C@@H]2F)c(=O)n1. The normalized spacial score (nSPS) is 27.0. The van der Waals surface area contributed by atoms with E-state index >= 15 is 0 Å². The van der Waals surface area contributed by atoms with Crippen molar-refractivity contribution in [2.24, 2.45) is 5.11 Å². The molecule has 0 spiro atoms. The number of ketones is 1. The summed E-state index contributed by atoms with van der Waals surface area (Å²) in [5, 5.41) is 25.2. The number of Topliss-reactive ketones (excluding diaryl/α,β-unsaturated/α-hetero) is 1. The first-order valence-corrected chi connectivity index (χ1v) is 8.35. The van der Waals surface area contributed by atoms with E-state index < -0.39 is 42.6 Å². The van der Waals surface area contributed by atoms with Crippen LogP contribution < -0.4 is 11.0 Å². The van der Waals surface area contributed by atoms with Gasteiger partial charge in [-0.25, -0.2) is 9.18 Å². The van der Waals surface area contributed by atoms with E-state index in [0.717, 1.165) is 6.20 Å². The first kappa shape index (κ1) is 22.2. The summed E-state index contributed by atoms with van der Waals surface area (Å²) in [5.74, 6) is -0.179. The van der Waals surface area contributed by atoms with Gasteiger partial charge in [0.1, 0.15) is 24.3 Å². The van der Waals surface area contributed by atoms with Gasteiger partial charge < -0.3 is 25.0 Å². The maximum Gasteiger partial charge on any atom is 0.351 e. The zero-order chi connectivity index (χ0) is 21.6. The van der Waals surface area contributed by atoms with Crippen LogP contribution >= 0.6 is 0 Å². The van der Waals surface area contributed by atoms with Crippen LogP contribution in [0.5, 0.6) is 0 Å². The second-order valence-corrected chi connectivity index (χ2v) is 6.27. The maximum atomic E-state index is 14.5. The van der Waals surface area contributed by atoms with Gasteiger partial charge in [0, 0.05) is 17.5 Å². The molecule has 29 heavy (non-hydrogen) atoms. The van der Waals surface area contributed by atoms with Crippen LogP contribution in [0, 0.1) is 0 Å². The Morgan fingerprint density at radius 2 is 2.41 bits per heavy atom. The van der Waals surface area contributed by atoms with E-state index in [1.54, 1.807) is 0 Å². The van der Waals surface area contributed by atoms with Crippen molar-refractivity contribution in [2.45, 2.75) is 43.6 Å². The van der Waals surface area contributed by atoms with Crippen molar-refractivity contribution in [1.29, 1.82) is 0 Å². The Balaban J connectivity index is 2.25. The molecular weight excluding hydrogens is 395 g/mol. The number of anilines is 1. The molecule has 14 heteroatoms. The molecule has 3 N–H and O–H groups in total. The number of ether oxygens (including phenoxy) is 2. The van der Waals surface area contributed by atoms with Crippen molar-refractivity contribution >= 4 is 18.1 Å². The summed E-state index contributed by atoms with van der Waals surface area (Å²) in [6, 6.07) is 0.621. The summed E-state index contributed by atoms with van der Waals surface area (Å²) in [6.07, 6.45) is -4.82. The van der Waals surface area contributed by atoms with Crippen molar-refractivity contribution in [1.82, 2.24) is 9.55 Å². The number of carbonyl (C=O) groups excluding carboxylic acids is 2. The minimum Gasteiger partial charge on any atom is -0.466 e. The number of carbonyl (C=O) groups is 2. The number of azide groups is 1. The third kappa shape index (κ3) is 4.86. The molecule has 2 heterocycles. The van der Waals surface area contributed by atoms with E-state index in [1.807, 2.05) is 0 Å². The highest BCUT2D eigenvalue weighted by Crippen LogP contribution is 2.39. The van der Waals surface area contributed by atoms with E-state index in [9.17, 15) is 29.0 Å². The summed E-state index contributed by atoms with van der Waals surface area (Å²) >= 11 is 0. The standard InChI is InChI=1S/C15H19FN6O7/c1-8(25)4-9(5-28-7-24)18-10-2-3-22(14(27)19-10)13-11(16)12(26)15(6-23,29-13)20-21-17/h2-3,7,9,11-13,23,26H,4-6H2,1H3,(H,18,19,27)/t9-,11-,12?,13?,15+/m0/s1. The van der Waals surface area contributed by atoms with E-state index in [-0.39, 0.29) is 31.1 Å². The molecule has 0 saturated carbocycles. The van der Waals surface area contributed by atoms with Gasteiger partial charge in [0.15, 0.2) is 12.4 Å². The van der Waals surface area contributed by atoms with Crippen molar-refractivity contribution in [2.75, 3.05) is 18.5 Å². The Labute approximate surface area is 162 Å².